The molecule has 0 aliphatic carbocycles. The van der Waals surface area contributed by atoms with Crippen molar-refractivity contribution in [3.63, 3.8) is 0 Å². The third-order valence-electron chi connectivity index (χ3n) is 5.18. The van der Waals surface area contributed by atoms with Gasteiger partial charge in [0, 0.05) is 34.6 Å². The summed E-state index contributed by atoms with van der Waals surface area (Å²) in [7, 11) is 0. The second-order valence-corrected chi connectivity index (χ2v) is 9.21. The minimum Gasteiger partial charge on any atom is -0.439 e. The first kappa shape index (κ1) is 25.1. The van der Waals surface area contributed by atoms with Gasteiger partial charge in [0.2, 0.25) is 17.8 Å². The van der Waals surface area contributed by atoms with E-state index in [4.69, 9.17) is 16.3 Å². The first-order valence-corrected chi connectivity index (χ1v) is 12.4. The van der Waals surface area contributed by atoms with Gasteiger partial charge in [-0.05, 0) is 48.0 Å². The van der Waals surface area contributed by atoms with Crippen LogP contribution in [0.1, 0.15) is 15.9 Å². The normalized spacial score (nSPS) is 10.7. The smallest absolute Gasteiger partial charge is 0.287 e. The number of amides is 1. The molecule has 9 nitrogen and oxygen atoms in total. The van der Waals surface area contributed by atoms with Crippen molar-refractivity contribution in [1.29, 1.82) is 0 Å². The molecule has 0 saturated carbocycles. The lowest BCUT2D eigenvalue weighted by molar-refractivity contribution is 0.102. The summed E-state index contributed by atoms with van der Waals surface area (Å²) in [6.45, 7) is 0.302. The number of ether oxygens (including phenoxy) is 1. The van der Waals surface area contributed by atoms with E-state index in [9.17, 15) is 14.0 Å². The maximum Gasteiger partial charge on any atom is 0.287 e. The summed E-state index contributed by atoms with van der Waals surface area (Å²) < 4.78 is 20.6. The molecular formula is C26H18ClFN6O3S. The minimum absolute atomic E-state index is 0.121. The highest BCUT2D eigenvalue weighted by molar-refractivity contribution is 7.13. The summed E-state index contributed by atoms with van der Waals surface area (Å²) in [5, 5.41) is 8.39. The molecular weight excluding hydrogens is 531 g/mol. The van der Waals surface area contributed by atoms with Gasteiger partial charge in [0.15, 0.2) is 5.13 Å². The Morgan fingerprint density at radius 3 is 2.55 bits per heavy atom. The fourth-order valence-electron chi connectivity index (χ4n) is 3.41. The van der Waals surface area contributed by atoms with Crippen molar-refractivity contribution in [3.05, 3.63) is 117 Å². The molecule has 0 saturated heterocycles. The van der Waals surface area contributed by atoms with E-state index >= 15 is 0 Å². The average Bonchev–Trinajstić information content (AvgIpc) is 3.41. The summed E-state index contributed by atoms with van der Waals surface area (Å²) in [4.78, 5) is 37.4. The molecule has 190 valence electrons. The summed E-state index contributed by atoms with van der Waals surface area (Å²) in [5.41, 5.74) is 0.638. The lowest BCUT2D eigenvalue weighted by Crippen LogP contribution is -2.27. The monoisotopic (exact) mass is 548 g/mol. The van der Waals surface area contributed by atoms with Gasteiger partial charge in [-0.15, -0.1) is 11.3 Å². The number of halogens is 2. The highest BCUT2D eigenvalue weighted by atomic mass is 35.5. The molecule has 0 aliphatic rings. The van der Waals surface area contributed by atoms with Crippen LogP contribution in [0, 0.1) is 5.95 Å². The Bertz CT molecular complexity index is 1630. The number of nitrogens with one attached hydrogen (secondary N) is 2. The van der Waals surface area contributed by atoms with Crippen LogP contribution in [-0.4, -0.2) is 25.4 Å². The summed E-state index contributed by atoms with van der Waals surface area (Å²) in [6, 6.07) is 18.2. The van der Waals surface area contributed by atoms with Crippen LogP contribution in [0.25, 0.3) is 0 Å². The van der Waals surface area contributed by atoms with Crippen LogP contribution in [0.5, 0.6) is 11.6 Å². The Kier molecular flexibility index (Phi) is 7.38. The summed E-state index contributed by atoms with van der Waals surface area (Å²) in [5.74, 6) is -0.475. The number of carbonyl (C=O) groups excluding carboxylic acids is 1. The second-order valence-electron chi connectivity index (χ2n) is 7.88. The van der Waals surface area contributed by atoms with Gasteiger partial charge in [-0.3, -0.25) is 14.9 Å². The Balaban J connectivity index is 1.42. The molecule has 0 spiro atoms. The number of carbonyl (C=O) groups is 1. The Labute approximate surface area is 224 Å². The molecule has 1 amide bonds. The van der Waals surface area contributed by atoms with Crippen molar-refractivity contribution >= 4 is 45.6 Å². The first-order valence-electron chi connectivity index (χ1n) is 11.2. The van der Waals surface area contributed by atoms with Crippen molar-refractivity contribution in [3.8, 4) is 11.6 Å². The first-order chi connectivity index (χ1) is 18.4. The Hall–Kier alpha value is -4.61. The van der Waals surface area contributed by atoms with Crippen molar-refractivity contribution in [1.82, 2.24) is 19.5 Å². The number of pyridine rings is 1. The van der Waals surface area contributed by atoms with E-state index < -0.39 is 17.4 Å². The molecule has 5 rings (SSSR count). The highest BCUT2D eigenvalue weighted by Crippen LogP contribution is 2.24. The maximum atomic E-state index is 13.3. The van der Waals surface area contributed by atoms with Gasteiger partial charge in [0.25, 0.3) is 11.5 Å². The van der Waals surface area contributed by atoms with E-state index in [2.05, 4.69) is 25.6 Å². The Morgan fingerprint density at radius 2 is 1.84 bits per heavy atom. The number of benzene rings is 2. The molecule has 12 heteroatoms. The molecule has 38 heavy (non-hydrogen) atoms. The molecule has 0 atom stereocenters. The van der Waals surface area contributed by atoms with E-state index in [0.717, 1.165) is 5.56 Å². The predicted molar refractivity (Wildman–Crippen MR) is 143 cm³/mol. The van der Waals surface area contributed by atoms with Crippen LogP contribution >= 0.6 is 22.9 Å². The molecule has 0 fully saturated rings. The number of thiazole rings is 1. The zero-order valence-electron chi connectivity index (χ0n) is 19.5. The topological polar surface area (TPSA) is 111 Å². The van der Waals surface area contributed by atoms with Crippen LogP contribution in [0.4, 0.5) is 21.2 Å². The number of nitrogens with zero attached hydrogens (tertiary/aromatic N) is 4. The molecule has 0 bridgehead atoms. The molecule has 3 heterocycles. The maximum absolute atomic E-state index is 13.3. The van der Waals surface area contributed by atoms with Gasteiger partial charge >= 0.3 is 0 Å². The van der Waals surface area contributed by atoms with Gasteiger partial charge in [0.1, 0.15) is 11.3 Å². The Morgan fingerprint density at radius 1 is 1.05 bits per heavy atom. The average molecular weight is 549 g/mol. The van der Waals surface area contributed by atoms with Gasteiger partial charge in [-0.25, -0.2) is 4.98 Å². The number of hydrogen-bond acceptors (Lipinski definition) is 8. The molecule has 0 unspecified atom stereocenters. The zero-order valence-corrected chi connectivity index (χ0v) is 21.0. The standard InChI is InChI=1S/C26H18ClFN6O3S/c27-17-6-4-16(5-7-17)14-34-15-20(24(36)33-26-29-12-13-38-26)23(35)32-25(34)30-18-8-10-19(11-9-18)37-22-3-1-2-21(28)31-22/h1-13,15H,14H2,(H,29,33,36)(H,30,32,35). The van der Waals surface area contributed by atoms with E-state index in [1.165, 1.54) is 29.7 Å². The van der Waals surface area contributed by atoms with Crippen molar-refractivity contribution in [2.45, 2.75) is 6.54 Å². The number of aromatic nitrogens is 4. The van der Waals surface area contributed by atoms with Crippen LogP contribution in [-0.2, 0) is 6.54 Å². The van der Waals surface area contributed by atoms with Crippen LogP contribution < -0.4 is 20.9 Å². The summed E-state index contributed by atoms with van der Waals surface area (Å²) in [6.07, 6.45) is 3.00. The van der Waals surface area contributed by atoms with Crippen molar-refractivity contribution < 1.29 is 13.9 Å². The quantitative estimate of drug-likeness (QED) is 0.238. The van der Waals surface area contributed by atoms with Crippen molar-refractivity contribution in [2.24, 2.45) is 0 Å². The lowest BCUT2D eigenvalue weighted by atomic mass is 10.2. The van der Waals surface area contributed by atoms with Gasteiger partial charge in [-0.1, -0.05) is 29.8 Å². The van der Waals surface area contributed by atoms with E-state index in [1.54, 1.807) is 58.6 Å². The van der Waals surface area contributed by atoms with E-state index in [1.807, 2.05) is 12.1 Å². The van der Waals surface area contributed by atoms with Gasteiger partial charge in [0.05, 0.1) is 6.54 Å². The minimum atomic E-state index is -0.703. The molecule has 3 aromatic heterocycles. The molecule has 0 aliphatic heterocycles. The second kappa shape index (κ2) is 11.2. The molecule has 2 aromatic carbocycles. The molecule has 0 radical (unpaired) electrons. The fourth-order valence-corrected chi connectivity index (χ4v) is 4.06. The summed E-state index contributed by atoms with van der Waals surface area (Å²) >= 11 is 7.25. The largest absolute Gasteiger partial charge is 0.439 e. The van der Waals surface area contributed by atoms with Crippen LogP contribution in [0.15, 0.2) is 89.3 Å². The van der Waals surface area contributed by atoms with E-state index in [-0.39, 0.29) is 17.4 Å². The van der Waals surface area contributed by atoms with Crippen LogP contribution in [0.3, 0.4) is 0 Å². The predicted octanol–water partition coefficient (Wildman–Crippen LogP) is 5.72. The SMILES string of the molecule is O=C(Nc1nccs1)c1cn(Cc2ccc(Cl)cc2)c(Nc2ccc(Oc3cccc(F)n3)cc2)nc1=O. The van der Waals surface area contributed by atoms with Crippen LogP contribution in [0.2, 0.25) is 5.02 Å². The number of rotatable bonds is 8. The third-order valence-corrected chi connectivity index (χ3v) is 6.12. The highest BCUT2D eigenvalue weighted by Gasteiger charge is 2.17. The zero-order chi connectivity index (χ0) is 26.5. The van der Waals surface area contributed by atoms with E-state index in [0.29, 0.717) is 28.1 Å². The van der Waals surface area contributed by atoms with Gasteiger partial charge in [-0.2, -0.15) is 14.4 Å². The van der Waals surface area contributed by atoms with Crippen molar-refractivity contribution in [2.75, 3.05) is 10.6 Å². The molecule has 5 aromatic rings. The lowest BCUT2D eigenvalue weighted by Gasteiger charge is -2.16. The molecule has 2 N–H and O–H groups in total. The third kappa shape index (κ3) is 6.20. The fraction of sp³-hybridized carbons (Fsp3) is 0.0385. The van der Waals surface area contributed by atoms with Gasteiger partial charge < -0.3 is 14.6 Å². The number of hydrogen-bond donors (Lipinski definition) is 2. The number of anilines is 3.